The van der Waals surface area contributed by atoms with Crippen LogP contribution < -0.4 is 5.32 Å². The zero-order chi connectivity index (χ0) is 21.2. The summed E-state index contributed by atoms with van der Waals surface area (Å²) in [6, 6.07) is 17.7. The smallest absolute Gasteiger partial charge is 0.251 e. The fraction of sp³-hybridized carbons (Fsp3) is 0.333. The molecule has 1 N–H and O–H groups in total. The summed E-state index contributed by atoms with van der Waals surface area (Å²) in [5, 5.41) is 2.99. The first-order valence-corrected chi connectivity index (χ1v) is 12.4. The number of nitrogens with zero attached hydrogens (tertiary/aromatic N) is 1. The van der Waals surface area contributed by atoms with Crippen molar-refractivity contribution in [2.45, 2.75) is 37.3 Å². The third kappa shape index (κ3) is 6.67. The van der Waals surface area contributed by atoms with E-state index in [-0.39, 0.29) is 5.91 Å². The number of nitrogens with one attached hydrogen (secondary N) is 1. The van der Waals surface area contributed by atoms with E-state index in [4.69, 9.17) is 4.42 Å². The molecule has 0 spiro atoms. The number of aromatic nitrogens is 1. The molecule has 4 nitrogen and oxygen atoms in total. The monoisotopic (exact) mass is 440 g/mol. The van der Waals surface area contributed by atoms with E-state index in [1.165, 1.54) is 17.1 Å². The number of aryl methyl sites for hydroxylation is 1. The molecule has 0 saturated carbocycles. The summed E-state index contributed by atoms with van der Waals surface area (Å²) in [5.41, 5.74) is 2.48. The highest BCUT2D eigenvalue weighted by Crippen LogP contribution is 2.27. The van der Waals surface area contributed by atoms with Gasteiger partial charge in [0, 0.05) is 28.3 Å². The molecule has 1 aromatic heterocycles. The first-order chi connectivity index (χ1) is 14.7. The van der Waals surface area contributed by atoms with Crippen LogP contribution in [-0.4, -0.2) is 28.9 Å². The van der Waals surface area contributed by atoms with E-state index < -0.39 is 0 Å². The highest BCUT2D eigenvalue weighted by atomic mass is 32.2. The van der Waals surface area contributed by atoms with E-state index in [0.29, 0.717) is 18.0 Å². The lowest BCUT2D eigenvalue weighted by atomic mass is 10.1. The zero-order valence-electron chi connectivity index (χ0n) is 17.5. The molecule has 0 saturated heterocycles. The van der Waals surface area contributed by atoms with Gasteiger partial charge in [-0.3, -0.25) is 4.79 Å². The number of rotatable bonds is 11. The van der Waals surface area contributed by atoms with E-state index in [1.807, 2.05) is 61.2 Å². The number of carbonyl (C=O) groups is 1. The Morgan fingerprint density at radius 2 is 1.83 bits per heavy atom. The maximum absolute atomic E-state index is 12.3. The molecule has 158 valence electrons. The zero-order valence-corrected chi connectivity index (χ0v) is 19.2. The Kier molecular flexibility index (Phi) is 8.90. The van der Waals surface area contributed by atoms with Crippen LogP contribution >= 0.6 is 23.5 Å². The summed E-state index contributed by atoms with van der Waals surface area (Å²) < 4.78 is 5.87. The van der Waals surface area contributed by atoms with Crippen molar-refractivity contribution >= 4 is 29.4 Å². The predicted octanol–water partition coefficient (Wildman–Crippen LogP) is 6.21. The van der Waals surface area contributed by atoms with Gasteiger partial charge in [-0.15, -0.1) is 11.8 Å². The highest BCUT2D eigenvalue weighted by Gasteiger charge is 2.13. The van der Waals surface area contributed by atoms with Crippen LogP contribution in [0.4, 0.5) is 0 Å². The summed E-state index contributed by atoms with van der Waals surface area (Å²) in [6.45, 7) is 4.83. The summed E-state index contributed by atoms with van der Waals surface area (Å²) >= 11 is 3.67. The predicted molar refractivity (Wildman–Crippen MR) is 127 cm³/mol. The second kappa shape index (κ2) is 11.9. The number of benzene rings is 2. The van der Waals surface area contributed by atoms with Crippen molar-refractivity contribution in [2.75, 3.05) is 18.1 Å². The number of carbonyl (C=O) groups excluding carboxylic acids is 1. The van der Waals surface area contributed by atoms with E-state index in [0.717, 1.165) is 34.9 Å². The number of amides is 1. The molecule has 6 heteroatoms. The first-order valence-electron chi connectivity index (χ1n) is 10.3. The van der Waals surface area contributed by atoms with E-state index in [1.54, 1.807) is 11.8 Å². The average Bonchev–Trinajstić information content (AvgIpc) is 3.16. The summed E-state index contributed by atoms with van der Waals surface area (Å²) in [5.74, 6) is 4.41. The SMILES string of the molecule is CCCSCCCNC(=O)c1ccc(-c2nc(CSc3ccccc3)c(C)o2)cc1. The van der Waals surface area contributed by atoms with Crippen LogP contribution in [-0.2, 0) is 5.75 Å². The maximum atomic E-state index is 12.3. The molecule has 0 aliphatic carbocycles. The number of oxazole rings is 1. The van der Waals surface area contributed by atoms with Crippen LogP contribution in [0, 0.1) is 6.92 Å². The van der Waals surface area contributed by atoms with Crippen LogP contribution in [0.15, 0.2) is 63.9 Å². The molecular weight excluding hydrogens is 412 g/mol. The minimum atomic E-state index is -0.0365. The van der Waals surface area contributed by atoms with Gasteiger partial charge in [0.15, 0.2) is 0 Å². The van der Waals surface area contributed by atoms with Crippen LogP contribution in [0.25, 0.3) is 11.5 Å². The Labute approximate surface area is 187 Å². The maximum Gasteiger partial charge on any atom is 0.251 e. The fourth-order valence-corrected chi connectivity index (χ4v) is 4.60. The molecule has 2 aromatic carbocycles. The Balaban J connectivity index is 1.53. The fourth-order valence-electron chi connectivity index (χ4n) is 2.84. The Hall–Kier alpha value is -2.18. The largest absolute Gasteiger partial charge is 0.441 e. The van der Waals surface area contributed by atoms with Gasteiger partial charge in [-0.05, 0) is 67.7 Å². The number of hydrogen-bond donors (Lipinski definition) is 1. The van der Waals surface area contributed by atoms with Gasteiger partial charge in [-0.25, -0.2) is 4.98 Å². The second-order valence-electron chi connectivity index (χ2n) is 6.92. The molecule has 0 aliphatic rings. The Morgan fingerprint density at radius 3 is 2.57 bits per heavy atom. The number of thioether (sulfide) groups is 2. The lowest BCUT2D eigenvalue weighted by molar-refractivity contribution is 0.0954. The van der Waals surface area contributed by atoms with Crippen molar-refractivity contribution in [3.63, 3.8) is 0 Å². The van der Waals surface area contributed by atoms with Gasteiger partial charge in [0.2, 0.25) is 5.89 Å². The van der Waals surface area contributed by atoms with Gasteiger partial charge in [-0.1, -0.05) is 25.1 Å². The van der Waals surface area contributed by atoms with Crippen molar-refractivity contribution in [1.29, 1.82) is 0 Å². The minimum absolute atomic E-state index is 0.0365. The molecule has 3 aromatic rings. The first kappa shape index (κ1) is 22.5. The molecule has 0 radical (unpaired) electrons. The minimum Gasteiger partial charge on any atom is -0.441 e. The van der Waals surface area contributed by atoms with Crippen molar-refractivity contribution in [2.24, 2.45) is 0 Å². The molecule has 1 amide bonds. The molecule has 1 heterocycles. The topological polar surface area (TPSA) is 55.1 Å². The standard InChI is InChI=1S/C24H28N2O2S2/c1-3-15-29-16-7-14-25-23(27)19-10-12-20(13-11-19)24-26-22(18(2)28-24)17-30-21-8-5-4-6-9-21/h4-6,8-13H,3,7,14-17H2,1-2H3,(H,25,27). The van der Waals surface area contributed by atoms with E-state index >= 15 is 0 Å². The van der Waals surface area contributed by atoms with E-state index in [9.17, 15) is 4.79 Å². The van der Waals surface area contributed by atoms with Crippen molar-refractivity contribution in [3.05, 3.63) is 71.6 Å². The van der Waals surface area contributed by atoms with Crippen molar-refractivity contribution < 1.29 is 9.21 Å². The van der Waals surface area contributed by atoms with Gasteiger partial charge >= 0.3 is 0 Å². The number of hydrogen-bond acceptors (Lipinski definition) is 5. The van der Waals surface area contributed by atoms with Crippen LogP contribution in [0.2, 0.25) is 0 Å². The van der Waals surface area contributed by atoms with Crippen LogP contribution in [0.3, 0.4) is 0 Å². The molecular formula is C24H28N2O2S2. The van der Waals surface area contributed by atoms with Gasteiger partial charge in [0.1, 0.15) is 5.76 Å². The van der Waals surface area contributed by atoms with Gasteiger partial charge in [0.05, 0.1) is 5.69 Å². The molecule has 0 atom stereocenters. The molecule has 0 aliphatic heterocycles. The summed E-state index contributed by atoms with van der Waals surface area (Å²) in [7, 11) is 0. The molecule has 0 fully saturated rings. The molecule has 0 bridgehead atoms. The summed E-state index contributed by atoms with van der Waals surface area (Å²) in [6.07, 6.45) is 2.19. The lowest BCUT2D eigenvalue weighted by Crippen LogP contribution is -2.24. The third-order valence-corrected chi connectivity index (χ3v) is 6.80. The third-order valence-electron chi connectivity index (χ3n) is 4.50. The van der Waals surface area contributed by atoms with Crippen LogP contribution in [0.5, 0.6) is 0 Å². The normalized spacial score (nSPS) is 10.9. The van der Waals surface area contributed by atoms with Crippen molar-refractivity contribution in [1.82, 2.24) is 10.3 Å². The second-order valence-corrected chi connectivity index (χ2v) is 9.20. The van der Waals surface area contributed by atoms with Gasteiger partial charge in [-0.2, -0.15) is 11.8 Å². The lowest BCUT2D eigenvalue weighted by Gasteiger charge is -2.05. The Bertz CT molecular complexity index is 924. The molecule has 0 unspecified atom stereocenters. The van der Waals surface area contributed by atoms with Crippen LogP contribution in [0.1, 0.15) is 41.6 Å². The van der Waals surface area contributed by atoms with E-state index in [2.05, 4.69) is 29.4 Å². The van der Waals surface area contributed by atoms with Gasteiger partial charge in [0.25, 0.3) is 5.91 Å². The molecule has 30 heavy (non-hydrogen) atoms. The Morgan fingerprint density at radius 1 is 1.07 bits per heavy atom. The quantitative estimate of drug-likeness (QED) is 0.284. The van der Waals surface area contributed by atoms with Crippen molar-refractivity contribution in [3.8, 4) is 11.5 Å². The van der Waals surface area contributed by atoms with Gasteiger partial charge < -0.3 is 9.73 Å². The highest BCUT2D eigenvalue weighted by molar-refractivity contribution is 7.99. The summed E-state index contributed by atoms with van der Waals surface area (Å²) in [4.78, 5) is 18.2. The average molecular weight is 441 g/mol. The molecule has 3 rings (SSSR count).